The fraction of sp³-hybridized carbons (Fsp3) is 0.240. The van der Waals surface area contributed by atoms with Crippen molar-refractivity contribution < 1.29 is 19.4 Å². The van der Waals surface area contributed by atoms with Gasteiger partial charge in [0, 0.05) is 17.5 Å². The van der Waals surface area contributed by atoms with E-state index in [1.54, 1.807) is 0 Å². The summed E-state index contributed by atoms with van der Waals surface area (Å²) in [6, 6.07) is 25.1. The summed E-state index contributed by atoms with van der Waals surface area (Å²) in [7, 11) is 0. The number of amides is 1. The maximum absolute atomic E-state index is 11.5. The van der Waals surface area contributed by atoms with Crippen molar-refractivity contribution in [1.29, 1.82) is 0 Å². The number of rotatable bonds is 6. The van der Waals surface area contributed by atoms with Crippen molar-refractivity contribution in [3.05, 3.63) is 95.0 Å². The summed E-state index contributed by atoms with van der Waals surface area (Å²) in [5.74, 6) is 1.66. The fourth-order valence-electron chi connectivity index (χ4n) is 3.83. The monoisotopic (exact) mass is 437 g/mol. The lowest BCUT2D eigenvalue weighted by atomic mass is 9.87. The topological polar surface area (TPSA) is 59.0 Å². The number of halogens is 1. The summed E-state index contributed by atoms with van der Waals surface area (Å²) in [6.45, 7) is 1.24. The molecule has 3 aromatic rings. The number of hydrogen-bond acceptors (Lipinski definition) is 3. The molecule has 160 valence electrons. The Labute approximate surface area is 186 Å². The van der Waals surface area contributed by atoms with Crippen LogP contribution < -0.4 is 4.74 Å². The first-order valence-electron chi connectivity index (χ1n) is 10.3. The molecule has 1 amide bonds. The summed E-state index contributed by atoms with van der Waals surface area (Å²) in [4.78, 5) is 12.9. The maximum atomic E-state index is 11.5. The van der Waals surface area contributed by atoms with Crippen molar-refractivity contribution in [2.75, 3.05) is 13.1 Å². The van der Waals surface area contributed by atoms with Crippen molar-refractivity contribution >= 4 is 17.7 Å². The number of benzene rings is 3. The number of carbonyl (C=O) groups is 1. The molecule has 1 fully saturated rings. The molecular formula is C25H24ClNO4. The highest BCUT2D eigenvalue weighted by Crippen LogP contribution is 2.32. The molecule has 1 aliphatic rings. The molecule has 2 unspecified atom stereocenters. The quantitative estimate of drug-likeness (QED) is 0.499. The molecule has 1 aliphatic heterocycles. The first-order chi connectivity index (χ1) is 15.1. The van der Waals surface area contributed by atoms with Gasteiger partial charge in [0.25, 0.3) is 0 Å². The summed E-state index contributed by atoms with van der Waals surface area (Å²) in [6.07, 6.45) is -0.431. The van der Waals surface area contributed by atoms with E-state index in [1.165, 1.54) is 4.90 Å². The highest BCUT2D eigenvalue weighted by molar-refractivity contribution is 6.30. The molecule has 6 heteroatoms. The van der Waals surface area contributed by atoms with Crippen molar-refractivity contribution in [3.8, 4) is 11.5 Å². The minimum atomic E-state index is -0.912. The van der Waals surface area contributed by atoms with Crippen LogP contribution in [0.25, 0.3) is 0 Å². The summed E-state index contributed by atoms with van der Waals surface area (Å²) < 4.78 is 12.1. The minimum absolute atomic E-state index is 0.119. The zero-order valence-electron chi connectivity index (χ0n) is 17.0. The fourth-order valence-corrected chi connectivity index (χ4v) is 3.96. The predicted octanol–water partition coefficient (Wildman–Crippen LogP) is 6.19. The lowest BCUT2D eigenvalue weighted by Gasteiger charge is -2.37. The normalized spacial score (nSPS) is 18.5. The van der Waals surface area contributed by atoms with Crippen LogP contribution in [0, 0.1) is 0 Å². The smallest absolute Gasteiger partial charge is 0.407 e. The molecule has 1 N–H and O–H groups in total. The van der Waals surface area contributed by atoms with E-state index < -0.39 is 6.09 Å². The number of piperidine rings is 1. The standard InChI is InChI=1S/C25H24ClNO4/c26-20-10-8-19(9-11-20)23-14-15-27(25(28)29)16-24(23)30-17-18-6-12-22(13-7-18)31-21-4-2-1-3-5-21/h1-13,23-24H,14-17H2,(H,28,29). The van der Waals surface area contributed by atoms with Gasteiger partial charge in [-0.2, -0.15) is 0 Å². The van der Waals surface area contributed by atoms with Crippen LogP contribution in [0.5, 0.6) is 11.5 Å². The van der Waals surface area contributed by atoms with Gasteiger partial charge >= 0.3 is 6.09 Å². The van der Waals surface area contributed by atoms with Gasteiger partial charge in [0.15, 0.2) is 0 Å². The second kappa shape index (κ2) is 9.86. The highest BCUT2D eigenvalue weighted by Gasteiger charge is 2.33. The molecule has 1 saturated heterocycles. The van der Waals surface area contributed by atoms with Gasteiger partial charge in [0.05, 0.1) is 19.3 Å². The number of nitrogens with zero attached hydrogens (tertiary/aromatic N) is 1. The predicted molar refractivity (Wildman–Crippen MR) is 120 cm³/mol. The van der Waals surface area contributed by atoms with Crippen molar-refractivity contribution in [2.45, 2.75) is 25.0 Å². The van der Waals surface area contributed by atoms with E-state index >= 15 is 0 Å². The van der Waals surface area contributed by atoms with E-state index in [0.717, 1.165) is 22.6 Å². The summed E-state index contributed by atoms with van der Waals surface area (Å²) >= 11 is 6.03. The van der Waals surface area contributed by atoms with Crippen LogP contribution in [0.3, 0.4) is 0 Å². The van der Waals surface area contributed by atoms with Crippen LogP contribution in [-0.4, -0.2) is 35.3 Å². The number of para-hydroxylation sites is 1. The Kier molecular flexibility index (Phi) is 6.75. The third kappa shape index (κ3) is 5.57. The molecule has 0 saturated carbocycles. The third-order valence-corrected chi connectivity index (χ3v) is 5.75. The molecule has 0 aliphatic carbocycles. The van der Waals surface area contributed by atoms with Gasteiger partial charge in [-0.05, 0) is 53.9 Å². The van der Waals surface area contributed by atoms with Crippen molar-refractivity contribution in [1.82, 2.24) is 4.90 Å². The maximum Gasteiger partial charge on any atom is 0.407 e. The Bertz CT molecular complexity index is 992. The Morgan fingerprint density at radius 3 is 2.32 bits per heavy atom. The van der Waals surface area contributed by atoms with Gasteiger partial charge in [-0.25, -0.2) is 4.79 Å². The molecule has 0 radical (unpaired) electrons. The number of carboxylic acid groups (broad SMARTS) is 1. The molecule has 4 rings (SSSR count). The Hall–Kier alpha value is -3.02. The van der Waals surface area contributed by atoms with E-state index in [9.17, 15) is 9.90 Å². The van der Waals surface area contributed by atoms with Crippen LogP contribution in [0.2, 0.25) is 5.02 Å². The Balaban J connectivity index is 1.42. The van der Waals surface area contributed by atoms with Gasteiger partial charge in [-0.15, -0.1) is 0 Å². The summed E-state index contributed by atoms with van der Waals surface area (Å²) in [5.41, 5.74) is 2.12. The Morgan fingerprint density at radius 2 is 1.65 bits per heavy atom. The molecule has 0 bridgehead atoms. The largest absolute Gasteiger partial charge is 0.465 e. The van der Waals surface area contributed by atoms with Gasteiger partial charge in [0.2, 0.25) is 0 Å². The number of ether oxygens (including phenoxy) is 2. The number of likely N-dealkylation sites (tertiary alicyclic amines) is 1. The van der Waals surface area contributed by atoms with Gasteiger partial charge < -0.3 is 19.5 Å². The van der Waals surface area contributed by atoms with Crippen LogP contribution in [-0.2, 0) is 11.3 Å². The van der Waals surface area contributed by atoms with Crippen LogP contribution in [0.15, 0.2) is 78.9 Å². The first-order valence-corrected chi connectivity index (χ1v) is 10.6. The van der Waals surface area contributed by atoms with Crippen molar-refractivity contribution in [3.63, 3.8) is 0 Å². The zero-order chi connectivity index (χ0) is 21.6. The average molecular weight is 438 g/mol. The van der Waals surface area contributed by atoms with Crippen LogP contribution >= 0.6 is 11.6 Å². The molecule has 0 aromatic heterocycles. The van der Waals surface area contributed by atoms with Gasteiger partial charge in [0.1, 0.15) is 11.5 Å². The minimum Gasteiger partial charge on any atom is -0.465 e. The first kappa shape index (κ1) is 21.2. The zero-order valence-corrected chi connectivity index (χ0v) is 17.7. The SMILES string of the molecule is O=C(O)N1CCC(c2ccc(Cl)cc2)C(OCc2ccc(Oc3ccccc3)cc2)C1. The van der Waals surface area contributed by atoms with E-state index in [2.05, 4.69) is 0 Å². The second-order valence-corrected chi connectivity index (χ2v) is 8.02. The van der Waals surface area contributed by atoms with Crippen LogP contribution in [0.4, 0.5) is 4.79 Å². The third-order valence-electron chi connectivity index (χ3n) is 5.49. The lowest BCUT2D eigenvalue weighted by Crippen LogP contribution is -2.46. The molecule has 3 aromatic carbocycles. The van der Waals surface area contributed by atoms with E-state index in [-0.39, 0.29) is 12.0 Å². The average Bonchev–Trinajstić information content (AvgIpc) is 2.80. The number of hydrogen-bond donors (Lipinski definition) is 1. The second-order valence-electron chi connectivity index (χ2n) is 7.58. The van der Waals surface area contributed by atoms with Gasteiger partial charge in [-0.3, -0.25) is 0 Å². The Morgan fingerprint density at radius 1 is 0.968 bits per heavy atom. The van der Waals surface area contributed by atoms with Crippen molar-refractivity contribution in [2.24, 2.45) is 0 Å². The molecule has 31 heavy (non-hydrogen) atoms. The van der Waals surface area contributed by atoms with E-state index in [0.29, 0.717) is 31.1 Å². The van der Waals surface area contributed by atoms with E-state index in [1.807, 2.05) is 78.9 Å². The van der Waals surface area contributed by atoms with E-state index in [4.69, 9.17) is 21.1 Å². The molecule has 1 heterocycles. The molecule has 5 nitrogen and oxygen atoms in total. The van der Waals surface area contributed by atoms with Gasteiger partial charge in [-0.1, -0.05) is 54.1 Å². The highest BCUT2D eigenvalue weighted by atomic mass is 35.5. The molecule has 0 spiro atoms. The molecule has 2 atom stereocenters. The van der Waals surface area contributed by atoms with Crippen LogP contribution in [0.1, 0.15) is 23.5 Å². The molecular weight excluding hydrogens is 414 g/mol. The lowest BCUT2D eigenvalue weighted by molar-refractivity contribution is -0.0199. The summed E-state index contributed by atoms with van der Waals surface area (Å²) in [5, 5.41) is 10.1.